The quantitative estimate of drug-likeness (QED) is 0.942. The number of anilines is 1. The van der Waals surface area contributed by atoms with E-state index < -0.39 is 11.7 Å². The number of nitrogens with one attached hydrogen (secondary N) is 1. The highest BCUT2D eigenvalue weighted by Crippen LogP contribution is 2.22. The topological polar surface area (TPSA) is 51.2 Å². The van der Waals surface area contributed by atoms with E-state index in [4.69, 9.17) is 4.74 Å². The monoisotopic (exact) mass is 324 g/mol. The van der Waals surface area contributed by atoms with Crippen molar-refractivity contribution in [1.29, 1.82) is 0 Å². The molecule has 0 bridgehead atoms. The van der Waals surface area contributed by atoms with Crippen molar-refractivity contribution in [2.24, 2.45) is 0 Å². The van der Waals surface area contributed by atoms with Gasteiger partial charge in [0.2, 0.25) is 5.88 Å². The Morgan fingerprint density at radius 1 is 1.42 bits per heavy atom. The molecule has 0 aliphatic heterocycles. The Labute approximate surface area is 117 Å². The Morgan fingerprint density at radius 3 is 2.89 bits per heavy atom. The van der Waals surface area contributed by atoms with Gasteiger partial charge in [0.25, 0.3) is 5.91 Å². The molecular weight excluding hydrogens is 315 g/mol. The normalized spacial score (nSPS) is 10.1. The minimum Gasteiger partial charge on any atom is -0.480 e. The van der Waals surface area contributed by atoms with Crippen LogP contribution in [0.25, 0.3) is 0 Å². The van der Waals surface area contributed by atoms with E-state index in [0.717, 1.165) is 6.07 Å². The van der Waals surface area contributed by atoms with E-state index in [-0.39, 0.29) is 5.56 Å². The van der Waals surface area contributed by atoms with Crippen molar-refractivity contribution < 1.29 is 13.9 Å². The Bertz CT molecular complexity index is 619. The Hall–Kier alpha value is -1.95. The molecule has 0 aliphatic rings. The maximum atomic E-state index is 13.4. The molecular formula is C13H10BrFN2O2. The molecule has 0 unspecified atom stereocenters. The fraction of sp³-hybridized carbons (Fsp3) is 0.0769. The molecule has 4 nitrogen and oxygen atoms in total. The zero-order valence-electron chi connectivity index (χ0n) is 9.98. The van der Waals surface area contributed by atoms with Crippen LogP contribution in [0.1, 0.15) is 10.4 Å². The van der Waals surface area contributed by atoms with Gasteiger partial charge >= 0.3 is 0 Å². The predicted octanol–water partition coefficient (Wildman–Crippen LogP) is 3.24. The molecule has 1 aromatic carbocycles. The summed E-state index contributed by atoms with van der Waals surface area (Å²) in [6.07, 6.45) is 1.55. The summed E-state index contributed by atoms with van der Waals surface area (Å²) >= 11 is 3.03. The highest BCUT2D eigenvalue weighted by atomic mass is 79.9. The minimum absolute atomic E-state index is 0.214. The number of rotatable bonds is 3. The van der Waals surface area contributed by atoms with E-state index >= 15 is 0 Å². The summed E-state index contributed by atoms with van der Waals surface area (Å²) in [5, 5.41) is 2.62. The van der Waals surface area contributed by atoms with Gasteiger partial charge in [-0.25, -0.2) is 9.37 Å². The molecule has 1 heterocycles. The molecule has 0 saturated heterocycles. The number of carbonyl (C=O) groups excluding carboxylic acids is 1. The van der Waals surface area contributed by atoms with Gasteiger partial charge in [-0.1, -0.05) is 0 Å². The van der Waals surface area contributed by atoms with Gasteiger partial charge in [0.1, 0.15) is 11.5 Å². The third-order valence-electron chi connectivity index (χ3n) is 2.39. The Balaban J connectivity index is 2.23. The highest BCUT2D eigenvalue weighted by molar-refractivity contribution is 9.10. The van der Waals surface area contributed by atoms with E-state index in [1.165, 1.54) is 19.2 Å². The van der Waals surface area contributed by atoms with Crippen molar-refractivity contribution >= 4 is 27.5 Å². The van der Waals surface area contributed by atoms with Gasteiger partial charge in [0.05, 0.1) is 11.6 Å². The van der Waals surface area contributed by atoms with Crippen LogP contribution in [0.4, 0.5) is 10.1 Å². The molecule has 0 radical (unpaired) electrons. The molecule has 1 amide bonds. The first-order valence-electron chi connectivity index (χ1n) is 5.37. The number of hydrogen-bond acceptors (Lipinski definition) is 3. The lowest BCUT2D eigenvalue weighted by atomic mass is 10.2. The van der Waals surface area contributed by atoms with Crippen LogP contribution in [0.2, 0.25) is 0 Å². The number of halogens is 2. The maximum Gasteiger partial charge on any atom is 0.255 e. The molecule has 0 saturated carbocycles. The molecule has 2 rings (SSSR count). The van der Waals surface area contributed by atoms with Crippen LogP contribution in [0, 0.1) is 5.82 Å². The Morgan fingerprint density at radius 2 is 2.21 bits per heavy atom. The van der Waals surface area contributed by atoms with Crippen LogP contribution in [-0.2, 0) is 0 Å². The standard InChI is InChI=1S/C13H10BrFN2O2/c1-19-13-11(3-2-6-16-13)17-12(18)8-4-5-9(14)10(15)7-8/h2-7H,1H3,(H,17,18). The molecule has 0 atom stereocenters. The summed E-state index contributed by atoms with van der Waals surface area (Å²) < 4.78 is 18.7. The van der Waals surface area contributed by atoms with Gasteiger partial charge in [-0.15, -0.1) is 0 Å². The maximum absolute atomic E-state index is 13.4. The third-order valence-corrected chi connectivity index (χ3v) is 3.04. The van der Waals surface area contributed by atoms with E-state index in [2.05, 4.69) is 26.2 Å². The lowest BCUT2D eigenvalue weighted by Gasteiger charge is -2.08. The van der Waals surface area contributed by atoms with Gasteiger partial charge in [0.15, 0.2) is 0 Å². The van der Waals surface area contributed by atoms with Gasteiger partial charge < -0.3 is 10.1 Å². The average Bonchev–Trinajstić information content (AvgIpc) is 2.42. The number of hydrogen-bond donors (Lipinski definition) is 1. The zero-order chi connectivity index (χ0) is 13.8. The minimum atomic E-state index is -0.495. The fourth-order valence-corrected chi connectivity index (χ4v) is 1.73. The van der Waals surface area contributed by atoms with Crippen LogP contribution in [-0.4, -0.2) is 18.0 Å². The van der Waals surface area contributed by atoms with Crippen molar-refractivity contribution in [2.75, 3.05) is 12.4 Å². The van der Waals surface area contributed by atoms with Crippen LogP contribution in [0.15, 0.2) is 41.0 Å². The summed E-state index contributed by atoms with van der Waals surface area (Å²) in [6.45, 7) is 0. The lowest BCUT2D eigenvalue weighted by molar-refractivity contribution is 0.102. The number of aromatic nitrogens is 1. The average molecular weight is 325 g/mol. The first-order valence-corrected chi connectivity index (χ1v) is 6.16. The number of benzene rings is 1. The number of carbonyl (C=O) groups is 1. The Kier molecular flexibility index (Phi) is 4.11. The first-order chi connectivity index (χ1) is 9.11. The molecule has 0 aliphatic carbocycles. The van der Waals surface area contributed by atoms with E-state index in [0.29, 0.717) is 16.0 Å². The molecule has 98 valence electrons. The second-order valence-corrected chi connectivity index (χ2v) is 4.50. The van der Waals surface area contributed by atoms with Gasteiger partial charge in [-0.2, -0.15) is 0 Å². The van der Waals surface area contributed by atoms with Gasteiger partial charge in [-0.05, 0) is 46.3 Å². The van der Waals surface area contributed by atoms with E-state index in [9.17, 15) is 9.18 Å². The van der Waals surface area contributed by atoms with Crippen LogP contribution >= 0.6 is 15.9 Å². The van der Waals surface area contributed by atoms with Gasteiger partial charge in [-0.3, -0.25) is 4.79 Å². The number of methoxy groups -OCH3 is 1. The van der Waals surface area contributed by atoms with Crippen molar-refractivity contribution in [1.82, 2.24) is 4.98 Å². The summed E-state index contributed by atoms with van der Waals surface area (Å²) in [6, 6.07) is 7.47. The highest BCUT2D eigenvalue weighted by Gasteiger charge is 2.11. The second-order valence-electron chi connectivity index (χ2n) is 3.64. The molecule has 0 spiro atoms. The third kappa shape index (κ3) is 3.08. The zero-order valence-corrected chi connectivity index (χ0v) is 11.6. The number of pyridine rings is 1. The van der Waals surface area contributed by atoms with Gasteiger partial charge in [0, 0.05) is 11.8 Å². The molecule has 0 fully saturated rings. The van der Waals surface area contributed by atoms with Crippen LogP contribution < -0.4 is 10.1 Å². The van der Waals surface area contributed by atoms with Crippen LogP contribution in [0.3, 0.4) is 0 Å². The largest absolute Gasteiger partial charge is 0.480 e. The summed E-state index contributed by atoms with van der Waals surface area (Å²) in [5.41, 5.74) is 0.643. The van der Waals surface area contributed by atoms with Crippen molar-refractivity contribution in [3.8, 4) is 5.88 Å². The SMILES string of the molecule is COc1ncccc1NC(=O)c1ccc(Br)c(F)c1. The number of ether oxygens (including phenoxy) is 1. The molecule has 1 N–H and O–H groups in total. The lowest BCUT2D eigenvalue weighted by Crippen LogP contribution is -2.13. The fourth-order valence-electron chi connectivity index (χ4n) is 1.48. The second kappa shape index (κ2) is 5.79. The summed E-state index contributed by atoms with van der Waals surface area (Å²) in [4.78, 5) is 15.9. The molecule has 6 heteroatoms. The van der Waals surface area contributed by atoms with Crippen molar-refractivity contribution in [2.45, 2.75) is 0 Å². The number of nitrogens with zero attached hydrogens (tertiary/aromatic N) is 1. The molecule has 2 aromatic rings. The predicted molar refractivity (Wildman–Crippen MR) is 72.8 cm³/mol. The summed E-state index contributed by atoms with van der Waals surface area (Å²) in [5.74, 6) is -0.628. The van der Waals surface area contributed by atoms with Crippen molar-refractivity contribution in [3.05, 3.63) is 52.4 Å². The first kappa shape index (κ1) is 13.5. The van der Waals surface area contributed by atoms with Crippen LogP contribution in [0.5, 0.6) is 5.88 Å². The van der Waals surface area contributed by atoms with E-state index in [1.54, 1.807) is 18.3 Å². The summed E-state index contributed by atoms with van der Waals surface area (Å²) in [7, 11) is 1.46. The van der Waals surface area contributed by atoms with E-state index in [1.807, 2.05) is 0 Å². The molecule has 19 heavy (non-hydrogen) atoms. The molecule has 1 aromatic heterocycles. The number of amides is 1. The van der Waals surface area contributed by atoms with Crippen molar-refractivity contribution in [3.63, 3.8) is 0 Å². The smallest absolute Gasteiger partial charge is 0.255 e.